The minimum absolute atomic E-state index is 0.0850. The summed E-state index contributed by atoms with van der Waals surface area (Å²) in [6, 6.07) is -0.327. The second-order valence-corrected chi connectivity index (χ2v) is 8.98. The lowest BCUT2D eigenvalue weighted by molar-refractivity contribution is -0.147. The molecule has 0 aromatic carbocycles. The van der Waals surface area contributed by atoms with E-state index >= 15 is 0 Å². The average molecular weight is 511 g/mol. The Balaban J connectivity index is 0.00000190. The number of hydrogen-bond acceptors (Lipinski definition) is 7. The number of ether oxygens (including phenoxy) is 3. The minimum Gasteiger partial charge on any atom is -0.458 e. The van der Waals surface area contributed by atoms with E-state index in [9.17, 15) is 14.4 Å². The number of Topliss-reactive ketones (excluding diaryl/α,β-unsaturated/α-hetero) is 1. The van der Waals surface area contributed by atoms with E-state index in [1.807, 2.05) is 55.4 Å². The molecule has 208 valence electrons. The van der Waals surface area contributed by atoms with Crippen molar-refractivity contribution in [2.75, 3.05) is 26.8 Å². The van der Waals surface area contributed by atoms with Gasteiger partial charge in [0, 0.05) is 31.7 Å². The number of carbonyl (C=O) groups excluding carboxylic acids is 3. The van der Waals surface area contributed by atoms with E-state index in [4.69, 9.17) is 19.2 Å². The molecule has 8 heteroatoms. The normalized spacial score (nSPS) is 32.5. The molecule has 2 saturated heterocycles. The number of methoxy groups -OCH3 is 1. The van der Waals surface area contributed by atoms with Crippen molar-refractivity contribution >= 4 is 23.6 Å². The van der Waals surface area contributed by atoms with Crippen molar-refractivity contribution in [3.8, 4) is 0 Å². The highest BCUT2D eigenvalue weighted by atomic mass is 16.6. The van der Waals surface area contributed by atoms with Gasteiger partial charge in [0.05, 0.1) is 24.3 Å². The van der Waals surface area contributed by atoms with Crippen molar-refractivity contribution in [2.24, 2.45) is 22.7 Å². The fourth-order valence-corrected chi connectivity index (χ4v) is 5.09. The average Bonchev–Trinajstić information content (AvgIpc) is 3.01. The summed E-state index contributed by atoms with van der Waals surface area (Å²) in [5.74, 6) is -1.23. The Bertz CT molecular complexity index is 780. The second kappa shape index (κ2) is 15.8. The maximum Gasteiger partial charge on any atom is 0.410 e. The van der Waals surface area contributed by atoms with Gasteiger partial charge < -0.3 is 14.2 Å². The van der Waals surface area contributed by atoms with Crippen LogP contribution < -0.4 is 0 Å². The van der Waals surface area contributed by atoms with Crippen LogP contribution in [0.15, 0.2) is 17.1 Å². The van der Waals surface area contributed by atoms with Crippen LogP contribution in [0, 0.1) is 17.8 Å². The molecule has 0 radical (unpaired) electrons. The van der Waals surface area contributed by atoms with E-state index in [1.54, 1.807) is 18.9 Å². The largest absolute Gasteiger partial charge is 0.458 e. The fourth-order valence-electron chi connectivity index (χ4n) is 5.09. The zero-order chi connectivity index (χ0) is 28.2. The van der Waals surface area contributed by atoms with Gasteiger partial charge >= 0.3 is 12.1 Å². The van der Waals surface area contributed by atoms with E-state index in [-0.39, 0.29) is 54.3 Å². The van der Waals surface area contributed by atoms with Crippen LogP contribution in [0.2, 0.25) is 0 Å². The molecule has 0 aromatic heterocycles. The van der Waals surface area contributed by atoms with E-state index < -0.39 is 17.7 Å². The Morgan fingerprint density at radius 2 is 1.64 bits per heavy atom. The number of aliphatic imine (C=N–C) groups is 1. The first kappa shape index (κ1) is 33.8. The topological polar surface area (TPSA) is 94.5 Å². The number of ketones is 1. The molecule has 2 fully saturated rings. The van der Waals surface area contributed by atoms with E-state index in [2.05, 4.69) is 13.5 Å². The number of carbonyl (C=O) groups is 3. The number of esters is 1. The zero-order valence-electron chi connectivity index (χ0n) is 24.5. The second-order valence-electron chi connectivity index (χ2n) is 8.98. The van der Waals surface area contributed by atoms with E-state index in [0.717, 1.165) is 5.71 Å². The Morgan fingerprint density at radius 3 is 2.19 bits per heavy atom. The number of hydrogen-bond donors (Lipinski definition) is 0. The number of amides is 1. The molecule has 36 heavy (non-hydrogen) atoms. The molecule has 3 aliphatic heterocycles. The Hall–Kier alpha value is -2.22. The predicted molar refractivity (Wildman–Crippen MR) is 144 cm³/mol. The van der Waals surface area contributed by atoms with Crippen LogP contribution in [0.1, 0.15) is 82.1 Å². The highest BCUT2D eigenvalue weighted by Crippen LogP contribution is 2.38. The van der Waals surface area contributed by atoms with E-state index in [0.29, 0.717) is 19.5 Å². The van der Waals surface area contributed by atoms with Gasteiger partial charge in [0.15, 0.2) is 11.4 Å². The molecule has 3 rings (SSSR count). The minimum atomic E-state index is -1.04. The van der Waals surface area contributed by atoms with Gasteiger partial charge in [-0.3, -0.25) is 14.7 Å². The Labute approximate surface area is 218 Å². The van der Waals surface area contributed by atoms with Crippen molar-refractivity contribution in [3.63, 3.8) is 0 Å². The lowest BCUT2D eigenvalue weighted by Crippen LogP contribution is -2.52. The molecule has 1 amide bonds. The number of nitrogens with zero attached hydrogens (tertiary/aromatic N) is 2. The number of cyclic esters (lactones) is 1. The molecule has 0 spiro atoms. The van der Waals surface area contributed by atoms with Crippen molar-refractivity contribution < 1.29 is 28.6 Å². The molecule has 0 N–H and O–H groups in total. The van der Waals surface area contributed by atoms with Crippen LogP contribution in [-0.4, -0.2) is 73.0 Å². The molecule has 0 aliphatic carbocycles. The first-order valence-corrected chi connectivity index (χ1v) is 13.5. The Morgan fingerprint density at radius 1 is 1.06 bits per heavy atom. The summed E-state index contributed by atoms with van der Waals surface area (Å²) in [6.45, 7) is 24.3. The molecule has 0 aromatic rings. The maximum absolute atomic E-state index is 12.6. The van der Waals surface area contributed by atoms with Gasteiger partial charge in [-0.05, 0) is 25.2 Å². The summed E-state index contributed by atoms with van der Waals surface area (Å²) < 4.78 is 16.8. The summed E-state index contributed by atoms with van der Waals surface area (Å²) in [5.41, 5.74) is -0.235. The molecular weight excluding hydrogens is 460 g/mol. The van der Waals surface area contributed by atoms with Crippen LogP contribution in [0.5, 0.6) is 0 Å². The summed E-state index contributed by atoms with van der Waals surface area (Å²) in [7, 11) is 1.63. The van der Waals surface area contributed by atoms with Crippen LogP contribution in [0.25, 0.3) is 0 Å². The molecule has 3 unspecified atom stereocenters. The first-order valence-electron chi connectivity index (χ1n) is 13.5. The lowest BCUT2D eigenvalue weighted by Gasteiger charge is -2.36. The quantitative estimate of drug-likeness (QED) is 0.263. The SMILES string of the molecule is C=C1C(=O)C[C@@H](C)C(OC)C[C@@H](C)C2=NCCN3C(=O)O[C@](C)(COC1=O)C3C2C.CC.CC.CC. The van der Waals surface area contributed by atoms with Gasteiger partial charge in [0.25, 0.3) is 0 Å². The third kappa shape index (κ3) is 7.64. The van der Waals surface area contributed by atoms with Gasteiger partial charge in [-0.25, -0.2) is 9.59 Å². The molecule has 2 bridgehead atoms. The van der Waals surface area contributed by atoms with E-state index in [1.165, 1.54) is 0 Å². The molecule has 3 aliphatic rings. The standard InChI is InChI=1S/C22H32N2O6.3C2H6/c1-12-9-16(25)14(3)20(26)29-11-22(5)19-15(4)18(13(2)10-17(12)28-6)23-7-8-24(19)21(27)30-22;3*1-2/h12-13,15,17,19H,3,7-11H2,1-2,4-6H3;3*1-2H3/t12-,13-,15?,17?,19?,22-;;;/m1.../s1. The third-order valence-corrected chi connectivity index (χ3v) is 6.70. The molecule has 0 saturated carbocycles. The fraction of sp³-hybridized carbons (Fsp3) is 0.786. The van der Waals surface area contributed by atoms with Gasteiger partial charge in [0.1, 0.15) is 6.61 Å². The van der Waals surface area contributed by atoms with Crippen molar-refractivity contribution in [3.05, 3.63) is 12.2 Å². The molecular formula is C28H50N2O6. The third-order valence-electron chi connectivity index (χ3n) is 6.70. The van der Waals surface area contributed by atoms with Crippen LogP contribution >= 0.6 is 0 Å². The summed E-state index contributed by atoms with van der Waals surface area (Å²) in [4.78, 5) is 44.1. The monoisotopic (exact) mass is 510 g/mol. The van der Waals surface area contributed by atoms with Gasteiger partial charge in [-0.2, -0.15) is 0 Å². The predicted octanol–water partition coefficient (Wildman–Crippen LogP) is 5.48. The van der Waals surface area contributed by atoms with Crippen molar-refractivity contribution in [2.45, 2.75) is 99.8 Å². The highest BCUT2D eigenvalue weighted by Gasteiger charge is 2.55. The summed E-state index contributed by atoms with van der Waals surface area (Å²) in [6.07, 6.45) is 0.211. The smallest absolute Gasteiger partial charge is 0.410 e. The van der Waals surface area contributed by atoms with Gasteiger partial charge in [0.2, 0.25) is 0 Å². The lowest BCUT2D eigenvalue weighted by atomic mass is 9.78. The molecule has 8 nitrogen and oxygen atoms in total. The molecule has 3 heterocycles. The maximum atomic E-state index is 12.6. The van der Waals surface area contributed by atoms with Gasteiger partial charge in [-0.15, -0.1) is 0 Å². The number of rotatable bonds is 1. The van der Waals surface area contributed by atoms with Crippen molar-refractivity contribution in [1.82, 2.24) is 4.90 Å². The number of fused-ring (bicyclic) bond motifs is 1. The van der Waals surface area contributed by atoms with Crippen LogP contribution in [0.4, 0.5) is 4.79 Å². The zero-order valence-corrected chi connectivity index (χ0v) is 24.5. The Kier molecular flexibility index (Phi) is 14.8. The summed E-state index contributed by atoms with van der Waals surface area (Å²) in [5, 5.41) is 0. The van der Waals surface area contributed by atoms with Crippen LogP contribution in [0.3, 0.4) is 0 Å². The highest BCUT2D eigenvalue weighted by molar-refractivity contribution is 6.16. The van der Waals surface area contributed by atoms with Crippen LogP contribution in [-0.2, 0) is 23.8 Å². The first-order chi connectivity index (χ1) is 17.1. The summed E-state index contributed by atoms with van der Waals surface area (Å²) >= 11 is 0. The molecule has 6 atom stereocenters. The van der Waals surface area contributed by atoms with Crippen molar-refractivity contribution in [1.29, 1.82) is 0 Å². The van der Waals surface area contributed by atoms with Gasteiger partial charge in [-0.1, -0.05) is 68.9 Å².